The molecule has 230 valence electrons. The van der Waals surface area contributed by atoms with E-state index in [1.807, 2.05) is 91.0 Å². The third kappa shape index (κ3) is 9.62. The molecule has 0 aliphatic heterocycles. The molecule has 4 rings (SSSR count). The van der Waals surface area contributed by atoms with Crippen LogP contribution in [0.1, 0.15) is 43.9 Å². The van der Waals surface area contributed by atoms with E-state index in [0.717, 1.165) is 16.7 Å². The van der Waals surface area contributed by atoms with Crippen molar-refractivity contribution < 1.29 is 38.7 Å². The third-order valence-electron chi connectivity index (χ3n) is 7.16. The van der Waals surface area contributed by atoms with Gasteiger partial charge in [0.1, 0.15) is 17.8 Å². The fourth-order valence-corrected chi connectivity index (χ4v) is 5.32. The van der Waals surface area contributed by atoms with Crippen molar-refractivity contribution in [2.45, 2.75) is 83.1 Å². The number of aliphatic hydroxyl groups is 1. The first-order chi connectivity index (χ1) is 20.6. The first-order valence-electron chi connectivity index (χ1n) is 14.5. The van der Waals surface area contributed by atoms with Crippen LogP contribution in [0.15, 0.2) is 91.0 Å². The molecule has 0 aromatic heterocycles. The molecular formula is C34H41NO8. The smallest absolute Gasteiger partial charge is 0.407 e. The number of alkyl carbamates (subject to hydrolysis) is 1. The lowest BCUT2D eigenvalue weighted by Gasteiger charge is -2.31. The number of ether oxygens (including phenoxy) is 4. The minimum Gasteiger partial charge on any atom is -0.481 e. The highest BCUT2D eigenvalue weighted by atomic mass is 16.6. The molecule has 3 aromatic rings. The van der Waals surface area contributed by atoms with E-state index in [1.165, 1.54) is 0 Å². The van der Waals surface area contributed by atoms with E-state index in [1.54, 1.807) is 20.8 Å². The van der Waals surface area contributed by atoms with Crippen LogP contribution in [0, 0.1) is 5.92 Å². The molecule has 3 unspecified atom stereocenters. The summed E-state index contributed by atoms with van der Waals surface area (Å²) in [5.41, 5.74) is 1.92. The lowest BCUT2D eigenvalue weighted by Crippen LogP contribution is -2.51. The highest BCUT2D eigenvalue weighted by Crippen LogP contribution is 2.39. The Bertz CT molecular complexity index is 1280. The van der Waals surface area contributed by atoms with E-state index in [9.17, 15) is 19.8 Å². The molecule has 1 amide bonds. The zero-order valence-electron chi connectivity index (χ0n) is 24.8. The monoisotopic (exact) mass is 591 g/mol. The van der Waals surface area contributed by atoms with Gasteiger partial charge >= 0.3 is 12.1 Å². The number of carboxylic acids is 1. The van der Waals surface area contributed by atoms with Crippen LogP contribution in [0.3, 0.4) is 0 Å². The molecule has 1 fully saturated rings. The number of aliphatic carboxylic acids is 1. The van der Waals surface area contributed by atoms with E-state index in [4.69, 9.17) is 18.9 Å². The Morgan fingerprint density at radius 1 is 0.721 bits per heavy atom. The molecule has 9 nitrogen and oxygen atoms in total. The highest BCUT2D eigenvalue weighted by Gasteiger charge is 2.56. The predicted octanol–water partition coefficient (Wildman–Crippen LogP) is 5.10. The molecule has 0 heterocycles. The Kier molecular flexibility index (Phi) is 11.3. The number of hydrogen-bond acceptors (Lipinski definition) is 7. The van der Waals surface area contributed by atoms with Gasteiger partial charge in [-0.3, -0.25) is 4.79 Å². The van der Waals surface area contributed by atoms with Crippen molar-refractivity contribution in [2.24, 2.45) is 5.92 Å². The maximum atomic E-state index is 13.1. The fourth-order valence-electron chi connectivity index (χ4n) is 5.32. The number of aliphatic hydroxyl groups excluding tert-OH is 1. The number of hydrogen-bond donors (Lipinski definition) is 3. The van der Waals surface area contributed by atoms with Crippen molar-refractivity contribution >= 4 is 12.1 Å². The predicted molar refractivity (Wildman–Crippen MR) is 160 cm³/mol. The second-order valence-corrected chi connectivity index (χ2v) is 11.7. The number of amides is 1. The van der Waals surface area contributed by atoms with Crippen molar-refractivity contribution in [2.75, 3.05) is 0 Å². The lowest BCUT2D eigenvalue weighted by molar-refractivity contribution is -0.144. The van der Waals surface area contributed by atoms with Crippen LogP contribution in [-0.2, 0) is 43.6 Å². The number of nitrogens with one attached hydrogen (secondary N) is 1. The molecule has 0 spiro atoms. The van der Waals surface area contributed by atoms with Crippen LogP contribution in [-0.4, -0.2) is 58.3 Å². The summed E-state index contributed by atoms with van der Waals surface area (Å²) in [6.07, 6.45) is -5.08. The van der Waals surface area contributed by atoms with Crippen molar-refractivity contribution in [1.82, 2.24) is 5.32 Å². The Labute approximate surface area is 252 Å². The van der Waals surface area contributed by atoms with Gasteiger partial charge in [0, 0.05) is 5.92 Å². The normalized spacial score (nSPS) is 22.6. The van der Waals surface area contributed by atoms with Crippen LogP contribution in [0.25, 0.3) is 0 Å². The molecule has 3 N–H and O–H groups in total. The second-order valence-electron chi connectivity index (χ2n) is 11.7. The van der Waals surface area contributed by atoms with Gasteiger partial charge in [0.05, 0.1) is 44.5 Å². The summed E-state index contributed by atoms with van der Waals surface area (Å²) in [7, 11) is 0. The topological polar surface area (TPSA) is 124 Å². The number of carbonyl (C=O) groups excluding carboxylic acids is 1. The van der Waals surface area contributed by atoms with E-state index < -0.39 is 60.5 Å². The minimum atomic E-state index is -1.38. The average Bonchev–Trinajstić information content (AvgIpc) is 3.25. The Balaban J connectivity index is 1.72. The standard InChI is InChI=1S/C34H41NO8/c1-34(2,3)43-33(39)35-29-28(26(36)19-27(37)38)30(40-20-23-13-7-4-8-14-23)32(42-22-25-17-11-6-12-18-25)31(29)41-21-24-15-9-5-10-16-24/h4-18,26,28-32,36H,19-22H2,1-3H3,(H,35,39)(H,37,38)/t26?,28-,29-,30?,31+,32?/m0/s1. The zero-order valence-corrected chi connectivity index (χ0v) is 24.8. The molecule has 43 heavy (non-hydrogen) atoms. The molecule has 0 saturated heterocycles. The SMILES string of the molecule is CC(C)(C)OC(=O)N[C@H]1[C@H](C(O)CC(=O)O)C(OCc2ccccc2)C(OCc2ccccc2)[C@@H]1OCc1ccccc1. The van der Waals surface area contributed by atoms with E-state index >= 15 is 0 Å². The molecular weight excluding hydrogens is 550 g/mol. The molecule has 1 aliphatic carbocycles. The Morgan fingerprint density at radius 2 is 1.14 bits per heavy atom. The van der Waals surface area contributed by atoms with Gasteiger partial charge in [-0.15, -0.1) is 0 Å². The summed E-state index contributed by atoms with van der Waals surface area (Å²) in [5, 5.41) is 23.8. The molecule has 0 radical (unpaired) electrons. The van der Waals surface area contributed by atoms with Crippen LogP contribution >= 0.6 is 0 Å². The molecule has 9 heteroatoms. The van der Waals surface area contributed by atoms with E-state index in [2.05, 4.69) is 5.32 Å². The summed E-state index contributed by atoms with van der Waals surface area (Å²) in [5.74, 6) is -2.07. The quantitative estimate of drug-likeness (QED) is 0.251. The largest absolute Gasteiger partial charge is 0.481 e. The van der Waals surface area contributed by atoms with Gasteiger partial charge < -0.3 is 34.5 Å². The van der Waals surface area contributed by atoms with Gasteiger partial charge in [-0.1, -0.05) is 91.0 Å². The fraction of sp³-hybridized carbons (Fsp3) is 0.412. The summed E-state index contributed by atoms with van der Waals surface area (Å²) in [6, 6.07) is 27.8. The van der Waals surface area contributed by atoms with Gasteiger partial charge in [0.25, 0.3) is 0 Å². The van der Waals surface area contributed by atoms with Gasteiger partial charge in [0.15, 0.2) is 0 Å². The summed E-state index contributed by atoms with van der Waals surface area (Å²) < 4.78 is 25.0. The lowest BCUT2D eigenvalue weighted by atomic mass is 9.92. The van der Waals surface area contributed by atoms with Gasteiger partial charge in [-0.2, -0.15) is 0 Å². The van der Waals surface area contributed by atoms with Crippen LogP contribution in [0.2, 0.25) is 0 Å². The average molecular weight is 592 g/mol. The third-order valence-corrected chi connectivity index (χ3v) is 7.16. The number of rotatable bonds is 13. The summed E-state index contributed by atoms with van der Waals surface area (Å²) >= 11 is 0. The highest BCUT2D eigenvalue weighted by molar-refractivity contribution is 5.69. The number of carboxylic acid groups (broad SMARTS) is 1. The van der Waals surface area contributed by atoms with E-state index in [-0.39, 0.29) is 19.8 Å². The van der Waals surface area contributed by atoms with Gasteiger partial charge in [-0.25, -0.2) is 4.79 Å². The molecule has 3 aromatic carbocycles. The summed E-state index contributed by atoms with van der Waals surface area (Å²) in [4.78, 5) is 24.9. The molecule has 0 bridgehead atoms. The Morgan fingerprint density at radius 3 is 1.56 bits per heavy atom. The maximum Gasteiger partial charge on any atom is 0.407 e. The zero-order chi connectivity index (χ0) is 30.8. The number of benzene rings is 3. The van der Waals surface area contributed by atoms with Gasteiger partial charge in [-0.05, 0) is 37.5 Å². The van der Waals surface area contributed by atoms with Gasteiger partial charge in [0.2, 0.25) is 0 Å². The molecule has 1 aliphatic rings. The minimum absolute atomic E-state index is 0.178. The first-order valence-corrected chi connectivity index (χ1v) is 14.5. The number of carbonyl (C=O) groups is 2. The van der Waals surface area contributed by atoms with Crippen LogP contribution < -0.4 is 5.32 Å². The van der Waals surface area contributed by atoms with Crippen molar-refractivity contribution in [3.8, 4) is 0 Å². The van der Waals surface area contributed by atoms with Crippen molar-refractivity contribution in [3.63, 3.8) is 0 Å². The van der Waals surface area contributed by atoms with Crippen molar-refractivity contribution in [1.29, 1.82) is 0 Å². The van der Waals surface area contributed by atoms with Crippen molar-refractivity contribution in [3.05, 3.63) is 108 Å². The molecule has 1 saturated carbocycles. The van der Waals surface area contributed by atoms with Crippen LogP contribution in [0.4, 0.5) is 4.79 Å². The maximum absolute atomic E-state index is 13.1. The van der Waals surface area contributed by atoms with Crippen LogP contribution in [0.5, 0.6) is 0 Å². The second kappa shape index (κ2) is 15.1. The van der Waals surface area contributed by atoms with E-state index in [0.29, 0.717) is 0 Å². The summed E-state index contributed by atoms with van der Waals surface area (Å²) in [6.45, 7) is 5.83. The Hall–Kier alpha value is -3.76. The molecule has 6 atom stereocenters. The first kappa shape index (κ1) is 32.2.